The summed E-state index contributed by atoms with van der Waals surface area (Å²) in [6.07, 6.45) is 2.62. The first-order valence-electron chi connectivity index (χ1n) is 6.25. The first kappa shape index (κ1) is 12.4. The Balaban J connectivity index is 1.56. The maximum atomic E-state index is 12.0. The van der Waals surface area contributed by atoms with Crippen LogP contribution in [0.15, 0.2) is 41.0 Å². The average molecular weight is 320 g/mol. The molecule has 1 aliphatic rings. The van der Waals surface area contributed by atoms with Crippen molar-refractivity contribution in [3.63, 3.8) is 0 Å². The van der Waals surface area contributed by atoms with Crippen molar-refractivity contribution in [3.05, 3.63) is 52.3 Å². The SMILES string of the molecule is O=C(NCc1ccn[nH]1)[C@H]1C[C@@H]1c1cccc(Br)c1. The summed E-state index contributed by atoms with van der Waals surface area (Å²) in [5.74, 6) is 0.594. The van der Waals surface area contributed by atoms with Gasteiger partial charge in [0.15, 0.2) is 0 Å². The van der Waals surface area contributed by atoms with Crippen LogP contribution in [0.2, 0.25) is 0 Å². The van der Waals surface area contributed by atoms with Gasteiger partial charge in [0.25, 0.3) is 0 Å². The van der Waals surface area contributed by atoms with Gasteiger partial charge in [-0.3, -0.25) is 9.89 Å². The minimum absolute atomic E-state index is 0.109. The Morgan fingerprint density at radius 2 is 2.37 bits per heavy atom. The van der Waals surface area contributed by atoms with Gasteiger partial charge in [0.2, 0.25) is 5.91 Å². The molecule has 19 heavy (non-hydrogen) atoms. The Morgan fingerprint density at radius 3 is 3.11 bits per heavy atom. The highest BCUT2D eigenvalue weighted by atomic mass is 79.9. The smallest absolute Gasteiger partial charge is 0.224 e. The molecular weight excluding hydrogens is 306 g/mol. The van der Waals surface area contributed by atoms with Crippen LogP contribution in [0.4, 0.5) is 0 Å². The Kier molecular flexibility index (Phi) is 3.38. The molecule has 0 saturated heterocycles. The van der Waals surface area contributed by atoms with Crippen LogP contribution in [-0.4, -0.2) is 16.1 Å². The monoisotopic (exact) mass is 319 g/mol. The molecule has 1 fully saturated rings. The Bertz CT molecular complexity index is 582. The number of aromatic nitrogens is 2. The van der Waals surface area contributed by atoms with Crippen LogP contribution in [0.25, 0.3) is 0 Å². The quantitative estimate of drug-likeness (QED) is 0.910. The van der Waals surface area contributed by atoms with Gasteiger partial charge in [-0.25, -0.2) is 0 Å². The van der Waals surface area contributed by atoms with Gasteiger partial charge in [0, 0.05) is 16.6 Å². The number of halogens is 1. The first-order valence-corrected chi connectivity index (χ1v) is 7.05. The summed E-state index contributed by atoms with van der Waals surface area (Å²) in [5.41, 5.74) is 2.16. The highest BCUT2D eigenvalue weighted by Gasteiger charge is 2.43. The van der Waals surface area contributed by atoms with E-state index >= 15 is 0 Å². The highest BCUT2D eigenvalue weighted by molar-refractivity contribution is 9.10. The fourth-order valence-electron chi connectivity index (χ4n) is 2.29. The molecule has 2 aromatic rings. The number of nitrogens with zero attached hydrogens (tertiary/aromatic N) is 1. The Morgan fingerprint density at radius 1 is 1.47 bits per heavy atom. The van der Waals surface area contributed by atoms with E-state index in [1.165, 1.54) is 5.56 Å². The van der Waals surface area contributed by atoms with E-state index in [-0.39, 0.29) is 11.8 Å². The van der Waals surface area contributed by atoms with Crippen LogP contribution < -0.4 is 5.32 Å². The van der Waals surface area contributed by atoms with Crippen LogP contribution >= 0.6 is 15.9 Å². The number of amides is 1. The summed E-state index contributed by atoms with van der Waals surface area (Å²) in [4.78, 5) is 12.0. The molecule has 0 aliphatic heterocycles. The van der Waals surface area contributed by atoms with Crippen LogP contribution in [-0.2, 0) is 11.3 Å². The summed E-state index contributed by atoms with van der Waals surface area (Å²) in [7, 11) is 0. The van der Waals surface area contributed by atoms with E-state index in [4.69, 9.17) is 0 Å². The molecule has 0 spiro atoms. The number of hydrogen-bond donors (Lipinski definition) is 2. The summed E-state index contributed by atoms with van der Waals surface area (Å²) >= 11 is 3.46. The lowest BCUT2D eigenvalue weighted by atomic mass is 10.1. The van der Waals surface area contributed by atoms with Crippen LogP contribution in [0.5, 0.6) is 0 Å². The second-order valence-electron chi connectivity index (χ2n) is 4.80. The number of hydrogen-bond acceptors (Lipinski definition) is 2. The third-order valence-electron chi connectivity index (χ3n) is 3.42. The van der Waals surface area contributed by atoms with Crippen molar-refractivity contribution in [1.82, 2.24) is 15.5 Å². The molecule has 98 valence electrons. The van der Waals surface area contributed by atoms with Crippen molar-refractivity contribution in [1.29, 1.82) is 0 Å². The normalized spacial score (nSPS) is 21.1. The molecule has 0 unspecified atom stereocenters. The number of carbonyl (C=O) groups excluding carboxylic acids is 1. The van der Waals surface area contributed by atoms with Crippen molar-refractivity contribution in [2.75, 3.05) is 0 Å². The third kappa shape index (κ3) is 2.87. The summed E-state index contributed by atoms with van der Waals surface area (Å²) in [6, 6.07) is 10.0. The Hall–Kier alpha value is -1.62. The van der Waals surface area contributed by atoms with Gasteiger partial charge in [-0.15, -0.1) is 0 Å². The van der Waals surface area contributed by atoms with Crippen molar-refractivity contribution in [2.45, 2.75) is 18.9 Å². The van der Waals surface area contributed by atoms with Crippen LogP contribution in [0.3, 0.4) is 0 Å². The molecule has 1 amide bonds. The molecule has 1 heterocycles. The van der Waals surface area contributed by atoms with Gasteiger partial charge < -0.3 is 5.32 Å². The molecule has 1 aromatic carbocycles. The van der Waals surface area contributed by atoms with E-state index in [0.29, 0.717) is 12.5 Å². The lowest BCUT2D eigenvalue weighted by Gasteiger charge is -2.04. The number of H-pyrrole nitrogens is 1. The molecular formula is C14H14BrN3O. The van der Waals surface area contributed by atoms with E-state index in [1.54, 1.807) is 6.20 Å². The van der Waals surface area contributed by atoms with E-state index in [1.807, 2.05) is 18.2 Å². The van der Waals surface area contributed by atoms with Gasteiger partial charge in [-0.1, -0.05) is 28.1 Å². The fourth-order valence-corrected chi connectivity index (χ4v) is 2.70. The van der Waals surface area contributed by atoms with E-state index < -0.39 is 0 Å². The number of aromatic amines is 1. The number of nitrogens with one attached hydrogen (secondary N) is 2. The predicted octanol–water partition coefficient (Wildman–Crippen LogP) is 2.59. The standard InChI is InChI=1S/C14H14BrN3O/c15-10-3-1-2-9(6-10)12-7-13(12)14(19)16-8-11-4-5-17-18-11/h1-6,12-13H,7-8H2,(H,16,19)(H,17,18)/t12-,13+/m1/s1. The maximum absolute atomic E-state index is 12.0. The third-order valence-corrected chi connectivity index (χ3v) is 3.91. The number of carbonyl (C=O) groups is 1. The largest absolute Gasteiger partial charge is 0.350 e. The van der Waals surface area contributed by atoms with Gasteiger partial charge in [0.1, 0.15) is 0 Å². The predicted molar refractivity (Wildman–Crippen MR) is 75.4 cm³/mol. The topological polar surface area (TPSA) is 57.8 Å². The molecule has 0 bridgehead atoms. The molecule has 0 radical (unpaired) electrons. The molecule has 1 saturated carbocycles. The zero-order valence-corrected chi connectivity index (χ0v) is 11.9. The summed E-state index contributed by atoms with van der Waals surface area (Å²) in [5, 5.41) is 9.62. The molecule has 4 nitrogen and oxygen atoms in total. The van der Waals surface area contributed by atoms with Crippen molar-refractivity contribution < 1.29 is 4.79 Å². The summed E-state index contributed by atoms with van der Waals surface area (Å²) < 4.78 is 1.06. The maximum Gasteiger partial charge on any atom is 0.224 e. The minimum atomic E-state index is 0.109. The van der Waals surface area contributed by atoms with Crippen molar-refractivity contribution in [2.24, 2.45) is 5.92 Å². The molecule has 5 heteroatoms. The fraction of sp³-hybridized carbons (Fsp3) is 0.286. The molecule has 1 aliphatic carbocycles. The van der Waals surface area contributed by atoms with Crippen LogP contribution in [0.1, 0.15) is 23.6 Å². The van der Waals surface area contributed by atoms with Crippen molar-refractivity contribution >= 4 is 21.8 Å². The zero-order chi connectivity index (χ0) is 13.2. The van der Waals surface area contributed by atoms with Gasteiger partial charge >= 0.3 is 0 Å². The van der Waals surface area contributed by atoms with Crippen molar-refractivity contribution in [3.8, 4) is 0 Å². The lowest BCUT2D eigenvalue weighted by Crippen LogP contribution is -2.25. The summed E-state index contributed by atoms with van der Waals surface area (Å²) in [6.45, 7) is 0.514. The lowest BCUT2D eigenvalue weighted by molar-refractivity contribution is -0.122. The van der Waals surface area contributed by atoms with Gasteiger partial charge in [-0.2, -0.15) is 5.10 Å². The first-order chi connectivity index (χ1) is 9.24. The molecule has 2 N–H and O–H groups in total. The number of rotatable bonds is 4. The second-order valence-corrected chi connectivity index (χ2v) is 5.72. The zero-order valence-electron chi connectivity index (χ0n) is 10.3. The van der Waals surface area contributed by atoms with Gasteiger partial charge in [-0.05, 0) is 36.1 Å². The molecule has 3 rings (SSSR count). The minimum Gasteiger partial charge on any atom is -0.350 e. The number of benzene rings is 1. The molecule has 2 atom stereocenters. The average Bonchev–Trinajstić information content (AvgIpc) is 3.04. The van der Waals surface area contributed by atoms with Crippen LogP contribution in [0, 0.1) is 5.92 Å². The second kappa shape index (κ2) is 5.17. The van der Waals surface area contributed by atoms with E-state index in [2.05, 4.69) is 43.6 Å². The van der Waals surface area contributed by atoms with Gasteiger partial charge in [0.05, 0.1) is 12.2 Å². The Labute approximate surface area is 119 Å². The van der Waals surface area contributed by atoms with E-state index in [9.17, 15) is 4.79 Å². The molecule has 1 aromatic heterocycles. The highest BCUT2D eigenvalue weighted by Crippen LogP contribution is 2.47. The van der Waals surface area contributed by atoms with E-state index in [0.717, 1.165) is 16.6 Å².